The van der Waals surface area contributed by atoms with E-state index in [4.69, 9.17) is 14.5 Å². The number of hydrogen-bond donors (Lipinski definition) is 1. The minimum atomic E-state index is 0. The molecule has 0 atom stereocenters. The van der Waals surface area contributed by atoms with Gasteiger partial charge in [-0.3, -0.25) is 9.56 Å². The first kappa shape index (κ1) is 25.4. The second kappa shape index (κ2) is 11.8. The molecule has 0 radical (unpaired) electrons. The number of halogens is 1. The molecule has 0 saturated carbocycles. The number of hydrogen-bond acceptors (Lipinski definition) is 5. The van der Waals surface area contributed by atoms with Gasteiger partial charge in [-0.05, 0) is 55.9 Å². The number of aliphatic imine (C=N–C) groups is 1. The maximum Gasteiger partial charge on any atom is 0.345 e. The van der Waals surface area contributed by atoms with Crippen LogP contribution in [0, 0.1) is 0 Å². The van der Waals surface area contributed by atoms with Gasteiger partial charge in [-0.15, -0.1) is 24.0 Å². The van der Waals surface area contributed by atoms with Gasteiger partial charge in [-0.1, -0.05) is 0 Å². The minimum Gasteiger partial charge on any atom is -0.493 e. The second-order valence-corrected chi connectivity index (χ2v) is 8.27. The highest BCUT2D eigenvalue weighted by Gasteiger charge is 2.22. The van der Waals surface area contributed by atoms with Crippen molar-refractivity contribution in [2.24, 2.45) is 4.99 Å². The molecule has 0 aliphatic carbocycles. The Kier molecular flexibility index (Phi) is 9.04. The Hall–Kier alpha value is -2.24. The standard InChI is InChI=1S/C23H34N6O3.HI/c1-4-24-22(25-10-7-12-29-23(30)28-11-6-5-8-21(28)26-29)27-13-9-17-14-19(31-2)20(32-3)15-18(17)16-27;/h14-15H,4-13,16H2,1-3H3,(H,24,25);1H. The second-order valence-electron chi connectivity index (χ2n) is 8.27. The van der Waals surface area contributed by atoms with Crippen LogP contribution in [0.25, 0.3) is 0 Å². The summed E-state index contributed by atoms with van der Waals surface area (Å²) in [6, 6.07) is 4.15. The fraction of sp³-hybridized carbons (Fsp3) is 0.609. The third kappa shape index (κ3) is 5.64. The first-order chi connectivity index (χ1) is 15.6. The SMILES string of the molecule is CCNC(=NCCCn1nc2n(c1=O)CCCC2)N1CCc2cc(OC)c(OC)cc2C1.I. The van der Waals surface area contributed by atoms with Crippen LogP contribution in [-0.2, 0) is 32.5 Å². The molecule has 2 aliphatic heterocycles. The zero-order valence-corrected chi connectivity index (χ0v) is 22.1. The van der Waals surface area contributed by atoms with Crippen molar-refractivity contribution in [2.45, 2.75) is 58.7 Å². The van der Waals surface area contributed by atoms with Crippen molar-refractivity contribution in [2.75, 3.05) is 33.9 Å². The van der Waals surface area contributed by atoms with E-state index in [0.29, 0.717) is 13.1 Å². The molecule has 0 unspecified atom stereocenters. The van der Waals surface area contributed by atoms with Crippen molar-refractivity contribution in [1.29, 1.82) is 0 Å². The summed E-state index contributed by atoms with van der Waals surface area (Å²) >= 11 is 0. The number of guanidine groups is 1. The molecule has 2 aromatic rings. The first-order valence-corrected chi connectivity index (χ1v) is 11.6. The van der Waals surface area contributed by atoms with Gasteiger partial charge in [-0.2, -0.15) is 5.10 Å². The van der Waals surface area contributed by atoms with Crippen molar-refractivity contribution in [1.82, 2.24) is 24.6 Å². The van der Waals surface area contributed by atoms with Crippen LogP contribution in [0.2, 0.25) is 0 Å². The average Bonchev–Trinajstić information content (AvgIpc) is 3.15. The fourth-order valence-electron chi connectivity index (χ4n) is 4.49. The average molecular weight is 570 g/mol. The van der Waals surface area contributed by atoms with Crippen LogP contribution in [0.3, 0.4) is 0 Å². The van der Waals surface area contributed by atoms with Crippen molar-refractivity contribution < 1.29 is 9.47 Å². The van der Waals surface area contributed by atoms with E-state index in [1.165, 1.54) is 11.1 Å². The Bertz CT molecular complexity index is 1030. The van der Waals surface area contributed by atoms with E-state index in [1.807, 2.05) is 4.57 Å². The highest BCUT2D eigenvalue weighted by molar-refractivity contribution is 14.0. The topological polar surface area (TPSA) is 85.9 Å². The lowest BCUT2D eigenvalue weighted by Crippen LogP contribution is -2.44. The number of aryl methyl sites for hydroxylation is 2. The van der Waals surface area contributed by atoms with Gasteiger partial charge in [-0.25, -0.2) is 9.48 Å². The van der Waals surface area contributed by atoms with Gasteiger partial charge in [0.15, 0.2) is 17.5 Å². The molecule has 0 bridgehead atoms. The zero-order valence-electron chi connectivity index (χ0n) is 19.8. The number of benzene rings is 1. The van der Waals surface area contributed by atoms with Gasteiger partial charge in [0, 0.05) is 45.7 Å². The summed E-state index contributed by atoms with van der Waals surface area (Å²) in [5.74, 6) is 3.36. The van der Waals surface area contributed by atoms with Crippen LogP contribution in [0.5, 0.6) is 11.5 Å². The molecule has 4 rings (SSSR count). The van der Waals surface area contributed by atoms with Crippen LogP contribution in [-0.4, -0.2) is 59.1 Å². The summed E-state index contributed by atoms with van der Waals surface area (Å²) in [7, 11) is 3.33. The van der Waals surface area contributed by atoms with E-state index in [-0.39, 0.29) is 29.7 Å². The lowest BCUT2D eigenvalue weighted by molar-refractivity contribution is 0.346. The monoisotopic (exact) mass is 570 g/mol. The van der Waals surface area contributed by atoms with Gasteiger partial charge in [0.25, 0.3) is 0 Å². The molecule has 3 heterocycles. The molecule has 0 amide bonds. The normalized spacial score (nSPS) is 15.4. The van der Waals surface area contributed by atoms with E-state index < -0.39 is 0 Å². The fourth-order valence-corrected chi connectivity index (χ4v) is 4.49. The highest BCUT2D eigenvalue weighted by Crippen LogP contribution is 2.33. The Morgan fingerprint density at radius 3 is 2.58 bits per heavy atom. The lowest BCUT2D eigenvalue weighted by atomic mass is 9.99. The van der Waals surface area contributed by atoms with Gasteiger partial charge in [0.2, 0.25) is 0 Å². The van der Waals surface area contributed by atoms with Crippen molar-refractivity contribution in [3.63, 3.8) is 0 Å². The third-order valence-electron chi connectivity index (χ3n) is 6.17. The molecule has 182 valence electrons. The van der Waals surface area contributed by atoms with Crippen molar-refractivity contribution >= 4 is 29.9 Å². The summed E-state index contributed by atoms with van der Waals surface area (Å²) in [4.78, 5) is 19.6. The zero-order chi connectivity index (χ0) is 22.5. The van der Waals surface area contributed by atoms with Crippen LogP contribution in [0.1, 0.15) is 43.1 Å². The maximum absolute atomic E-state index is 12.5. The number of nitrogens with zero attached hydrogens (tertiary/aromatic N) is 5. The van der Waals surface area contributed by atoms with E-state index in [1.54, 1.807) is 18.9 Å². The van der Waals surface area contributed by atoms with Crippen molar-refractivity contribution in [3.8, 4) is 11.5 Å². The number of methoxy groups -OCH3 is 2. The van der Waals surface area contributed by atoms with Crippen LogP contribution < -0.4 is 20.5 Å². The molecule has 0 fully saturated rings. The molecule has 1 N–H and O–H groups in total. The third-order valence-corrected chi connectivity index (χ3v) is 6.17. The van der Waals surface area contributed by atoms with Gasteiger partial charge in [0.05, 0.1) is 14.2 Å². The Labute approximate surface area is 212 Å². The number of aromatic nitrogens is 3. The van der Waals surface area contributed by atoms with Crippen LogP contribution in [0.4, 0.5) is 0 Å². The summed E-state index contributed by atoms with van der Waals surface area (Å²) in [6.45, 7) is 6.59. The van der Waals surface area contributed by atoms with Crippen molar-refractivity contribution in [3.05, 3.63) is 39.6 Å². The summed E-state index contributed by atoms with van der Waals surface area (Å²) in [6.07, 6.45) is 4.78. The van der Waals surface area contributed by atoms with E-state index >= 15 is 0 Å². The molecule has 10 heteroatoms. The summed E-state index contributed by atoms with van der Waals surface area (Å²) in [5, 5.41) is 7.93. The molecule has 9 nitrogen and oxygen atoms in total. The molecule has 1 aromatic carbocycles. The molecular weight excluding hydrogens is 535 g/mol. The Morgan fingerprint density at radius 1 is 1.12 bits per heavy atom. The summed E-state index contributed by atoms with van der Waals surface area (Å²) < 4.78 is 14.4. The molecular formula is C23H35IN6O3. The number of fused-ring (bicyclic) bond motifs is 2. The smallest absolute Gasteiger partial charge is 0.345 e. The lowest BCUT2D eigenvalue weighted by Gasteiger charge is -2.32. The van der Waals surface area contributed by atoms with E-state index in [2.05, 4.69) is 34.4 Å². The largest absolute Gasteiger partial charge is 0.493 e. The van der Waals surface area contributed by atoms with Crippen LogP contribution in [0.15, 0.2) is 21.9 Å². The highest BCUT2D eigenvalue weighted by atomic mass is 127. The van der Waals surface area contributed by atoms with E-state index in [9.17, 15) is 4.79 Å². The van der Waals surface area contributed by atoms with Crippen LogP contribution >= 0.6 is 24.0 Å². The molecule has 33 heavy (non-hydrogen) atoms. The predicted octanol–water partition coefficient (Wildman–Crippen LogP) is 2.43. The first-order valence-electron chi connectivity index (χ1n) is 11.6. The van der Waals surface area contributed by atoms with Gasteiger partial charge in [0.1, 0.15) is 5.82 Å². The van der Waals surface area contributed by atoms with E-state index in [0.717, 1.165) is 81.6 Å². The quantitative estimate of drug-likeness (QED) is 0.238. The number of ether oxygens (including phenoxy) is 2. The number of rotatable bonds is 7. The molecule has 0 saturated heterocycles. The Balaban J connectivity index is 0.00000306. The molecule has 0 spiro atoms. The Morgan fingerprint density at radius 2 is 1.88 bits per heavy atom. The molecule has 1 aromatic heterocycles. The summed E-state index contributed by atoms with van der Waals surface area (Å²) in [5.41, 5.74) is 2.54. The molecule has 2 aliphatic rings. The minimum absolute atomic E-state index is 0. The number of nitrogens with one attached hydrogen (secondary N) is 1. The van der Waals surface area contributed by atoms with Gasteiger partial charge >= 0.3 is 5.69 Å². The maximum atomic E-state index is 12.5. The predicted molar refractivity (Wildman–Crippen MR) is 139 cm³/mol. The van der Waals surface area contributed by atoms with Gasteiger partial charge < -0.3 is 19.7 Å².